The van der Waals surface area contributed by atoms with E-state index in [0.29, 0.717) is 6.54 Å². The summed E-state index contributed by atoms with van der Waals surface area (Å²) in [5.74, 6) is 1.57. The number of aryl methyl sites for hydroxylation is 1. The molecule has 0 aliphatic heterocycles. The summed E-state index contributed by atoms with van der Waals surface area (Å²) in [4.78, 5) is 0. The first-order valence-electron chi connectivity index (χ1n) is 6.61. The Morgan fingerprint density at radius 2 is 2.18 bits per heavy atom. The van der Waals surface area contributed by atoms with Crippen molar-refractivity contribution in [2.24, 2.45) is 11.8 Å². The molecule has 17 heavy (non-hydrogen) atoms. The maximum Gasteiger partial charge on any atom is 0.127 e. The zero-order chi connectivity index (χ0) is 12.3. The van der Waals surface area contributed by atoms with Crippen LogP contribution in [0.1, 0.15) is 37.3 Å². The van der Waals surface area contributed by atoms with Crippen LogP contribution in [0.3, 0.4) is 0 Å². The number of halogens is 1. The lowest BCUT2D eigenvalue weighted by atomic mass is 10.1. The van der Waals surface area contributed by atoms with Crippen molar-refractivity contribution in [2.75, 3.05) is 6.54 Å². The van der Waals surface area contributed by atoms with Crippen molar-refractivity contribution < 1.29 is 4.39 Å². The molecule has 0 saturated heterocycles. The van der Waals surface area contributed by atoms with Gasteiger partial charge in [0.15, 0.2) is 0 Å². The molecule has 1 saturated carbocycles. The molecule has 1 aliphatic rings. The maximum absolute atomic E-state index is 13.5. The zero-order valence-electron chi connectivity index (χ0n) is 10.8. The molecular formula is C15H22FN. The quantitative estimate of drug-likeness (QED) is 0.839. The molecule has 0 bridgehead atoms. The monoisotopic (exact) mass is 235 g/mol. The van der Waals surface area contributed by atoms with E-state index in [-0.39, 0.29) is 5.82 Å². The van der Waals surface area contributed by atoms with Gasteiger partial charge in [-0.05, 0) is 44.2 Å². The standard InChI is InChI=1S/C15H22FN/c1-11-3-5-13(7-11)9-17-10-14-8-12(2)4-6-15(14)16/h4,6,8,11,13,17H,3,5,7,9-10H2,1-2H3. The van der Waals surface area contributed by atoms with E-state index in [0.717, 1.165) is 29.5 Å². The Balaban J connectivity index is 1.80. The molecule has 2 rings (SSSR count). The molecule has 2 atom stereocenters. The number of benzene rings is 1. The topological polar surface area (TPSA) is 12.0 Å². The van der Waals surface area contributed by atoms with Gasteiger partial charge in [-0.2, -0.15) is 0 Å². The van der Waals surface area contributed by atoms with E-state index in [1.54, 1.807) is 6.07 Å². The number of nitrogens with one attached hydrogen (secondary N) is 1. The van der Waals surface area contributed by atoms with Gasteiger partial charge in [0.1, 0.15) is 5.82 Å². The predicted octanol–water partition coefficient (Wildman–Crippen LogP) is 3.66. The van der Waals surface area contributed by atoms with Crippen molar-refractivity contribution in [3.8, 4) is 0 Å². The summed E-state index contributed by atoms with van der Waals surface area (Å²) in [6.07, 6.45) is 4.00. The third-order valence-corrected chi connectivity index (χ3v) is 3.75. The van der Waals surface area contributed by atoms with Crippen LogP contribution in [0.4, 0.5) is 4.39 Å². The summed E-state index contributed by atoms with van der Waals surface area (Å²) in [5, 5.41) is 3.39. The van der Waals surface area contributed by atoms with Gasteiger partial charge in [0.2, 0.25) is 0 Å². The van der Waals surface area contributed by atoms with Gasteiger partial charge in [0, 0.05) is 12.1 Å². The highest BCUT2D eigenvalue weighted by Gasteiger charge is 2.20. The molecule has 0 heterocycles. The normalized spacial score (nSPS) is 24.2. The average Bonchev–Trinajstić information content (AvgIpc) is 2.69. The molecule has 0 aromatic heterocycles. The van der Waals surface area contributed by atoms with Crippen molar-refractivity contribution in [1.82, 2.24) is 5.32 Å². The highest BCUT2D eigenvalue weighted by Crippen LogP contribution is 2.29. The molecule has 0 radical (unpaired) electrons. The summed E-state index contributed by atoms with van der Waals surface area (Å²) in [6.45, 7) is 6.00. The molecule has 1 nitrogen and oxygen atoms in total. The van der Waals surface area contributed by atoms with Crippen LogP contribution < -0.4 is 5.32 Å². The van der Waals surface area contributed by atoms with E-state index in [4.69, 9.17) is 0 Å². The van der Waals surface area contributed by atoms with Gasteiger partial charge in [-0.15, -0.1) is 0 Å². The second-order valence-corrected chi connectivity index (χ2v) is 5.51. The van der Waals surface area contributed by atoms with Crippen LogP contribution in [0, 0.1) is 24.6 Å². The van der Waals surface area contributed by atoms with Gasteiger partial charge in [-0.1, -0.05) is 31.0 Å². The van der Waals surface area contributed by atoms with Crippen molar-refractivity contribution in [1.29, 1.82) is 0 Å². The van der Waals surface area contributed by atoms with Crippen LogP contribution in [0.15, 0.2) is 18.2 Å². The van der Waals surface area contributed by atoms with Crippen LogP contribution in [0.5, 0.6) is 0 Å². The summed E-state index contributed by atoms with van der Waals surface area (Å²) >= 11 is 0. The van der Waals surface area contributed by atoms with Crippen molar-refractivity contribution in [2.45, 2.75) is 39.7 Å². The second-order valence-electron chi connectivity index (χ2n) is 5.51. The first-order chi connectivity index (χ1) is 8.15. The third kappa shape index (κ3) is 3.53. The minimum Gasteiger partial charge on any atom is -0.312 e. The Morgan fingerprint density at radius 1 is 1.35 bits per heavy atom. The van der Waals surface area contributed by atoms with Gasteiger partial charge in [-0.25, -0.2) is 4.39 Å². The van der Waals surface area contributed by atoms with Crippen LogP contribution in [0.25, 0.3) is 0 Å². The molecular weight excluding hydrogens is 213 g/mol. The largest absolute Gasteiger partial charge is 0.312 e. The molecule has 0 amide bonds. The smallest absolute Gasteiger partial charge is 0.127 e. The summed E-state index contributed by atoms with van der Waals surface area (Å²) < 4.78 is 13.5. The molecule has 2 heteroatoms. The van der Waals surface area contributed by atoms with Crippen LogP contribution >= 0.6 is 0 Å². The van der Waals surface area contributed by atoms with E-state index in [1.165, 1.54) is 19.3 Å². The lowest BCUT2D eigenvalue weighted by molar-refractivity contribution is 0.466. The first kappa shape index (κ1) is 12.6. The van der Waals surface area contributed by atoms with Gasteiger partial charge < -0.3 is 5.32 Å². The van der Waals surface area contributed by atoms with Crippen LogP contribution in [-0.4, -0.2) is 6.54 Å². The van der Waals surface area contributed by atoms with Crippen molar-refractivity contribution in [3.63, 3.8) is 0 Å². The van der Waals surface area contributed by atoms with Gasteiger partial charge in [0.05, 0.1) is 0 Å². The van der Waals surface area contributed by atoms with Crippen LogP contribution in [-0.2, 0) is 6.54 Å². The Kier molecular flexibility index (Phi) is 4.16. The number of rotatable bonds is 4. The lowest BCUT2D eigenvalue weighted by Gasteiger charge is -2.11. The second kappa shape index (κ2) is 5.63. The molecule has 94 valence electrons. The maximum atomic E-state index is 13.5. The Hall–Kier alpha value is -0.890. The molecule has 1 aliphatic carbocycles. The minimum absolute atomic E-state index is 0.0945. The van der Waals surface area contributed by atoms with Crippen molar-refractivity contribution in [3.05, 3.63) is 35.1 Å². The zero-order valence-corrected chi connectivity index (χ0v) is 10.8. The fourth-order valence-electron chi connectivity index (χ4n) is 2.76. The molecule has 1 aromatic carbocycles. The molecule has 0 spiro atoms. The minimum atomic E-state index is -0.0945. The third-order valence-electron chi connectivity index (χ3n) is 3.75. The molecule has 1 N–H and O–H groups in total. The number of hydrogen-bond acceptors (Lipinski definition) is 1. The molecule has 1 aromatic rings. The Bertz CT molecular complexity index is 375. The number of hydrogen-bond donors (Lipinski definition) is 1. The Labute approximate surface area is 103 Å². The fraction of sp³-hybridized carbons (Fsp3) is 0.600. The predicted molar refractivity (Wildman–Crippen MR) is 69.3 cm³/mol. The summed E-state index contributed by atoms with van der Waals surface area (Å²) in [6, 6.07) is 5.31. The van der Waals surface area contributed by atoms with Crippen LogP contribution in [0.2, 0.25) is 0 Å². The molecule has 1 fully saturated rings. The highest BCUT2D eigenvalue weighted by atomic mass is 19.1. The van der Waals surface area contributed by atoms with Gasteiger partial charge in [-0.3, -0.25) is 0 Å². The van der Waals surface area contributed by atoms with E-state index in [1.807, 2.05) is 19.1 Å². The van der Waals surface area contributed by atoms with E-state index in [9.17, 15) is 4.39 Å². The van der Waals surface area contributed by atoms with E-state index < -0.39 is 0 Å². The lowest BCUT2D eigenvalue weighted by Crippen LogP contribution is -2.21. The highest BCUT2D eigenvalue weighted by molar-refractivity contribution is 5.23. The van der Waals surface area contributed by atoms with Gasteiger partial charge in [0.25, 0.3) is 0 Å². The van der Waals surface area contributed by atoms with E-state index >= 15 is 0 Å². The molecule has 2 unspecified atom stereocenters. The summed E-state index contributed by atoms with van der Waals surface area (Å²) in [7, 11) is 0. The Morgan fingerprint density at radius 3 is 2.88 bits per heavy atom. The first-order valence-corrected chi connectivity index (χ1v) is 6.61. The summed E-state index contributed by atoms with van der Waals surface area (Å²) in [5.41, 5.74) is 1.91. The fourth-order valence-corrected chi connectivity index (χ4v) is 2.76. The van der Waals surface area contributed by atoms with Crippen molar-refractivity contribution >= 4 is 0 Å². The average molecular weight is 235 g/mol. The SMILES string of the molecule is Cc1ccc(F)c(CNCC2CCC(C)C2)c1. The van der Waals surface area contributed by atoms with E-state index in [2.05, 4.69) is 12.2 Å². The van der Waals surface area contributed by atoms with Gasteiger partial charge >= 0.3 is 0 Å².